The van der Waals surface area contributed by atoms with E-state index in [1.54, 1.807) is 19.9 Å². The predicted molar refractivity (Wildman–Crippen MR) is 162 cm³/mol. The number of amides is 2. The highest BCUT2D eigenvalue weighted by Gasteiger charge is 2.29. The van der Waals surface area contributed by atoms with Crippen molar-refractivity contribution in [1.29, 1.82) is 0 Å². The number of aryl methyl sites for hydroxylation is 1. The van der Waals surface area contributed by atoms with Crippen molar-refractivity contribution in [2.75, 3.05) is 11.9 Å². The van der Waals surface area contributed by atoms with Crippen molar-refractivity contribution in [3.8, 4) is 0 Å². The highest BCUT2D eigenvalue weighted by Crippen LogP contribution is 2.39. The van der Waals surface area contributed by atoms with Crippen LogP contribution < -0.4 is 10.6 Å². The number of aromatic nitrogens is 3. The summed E-state index contributed by atoms with van der Waals surface area (Å²) in [6.45, 7) is 4.54. The SMILES string of the molecule is CCOC(=O)c1c(NC(=O)[C@H](C)Sc2nnc(CNC(=O)c3cccs3)n2Cc2ccccc2)sc2c1CCCC2. The first-order chi connectivity index (χ1) is 19.9. The Morgan fingerprint density at radius 3 is 2.66 bits per heavy atom. The number of benzene rings is 1. The highest BCUT2D eigenvalue weighted by atomic mass is 32.2. The second kappa shape index (κ2) is 13.5. The van der Waals surface area contributed by atoms with E-state index in [0.29, 0.717) is 33.0 Å². The number of fused-ring (bicyclic) bond motifs is 1. The Hall–Kier alpha value is -3.48. The van der Waals surface area contributed by atoms with Crippen molar-refractivity contribution in [2.24, 2.45) is 0 Å². The van der Waals surface area contributed by atoms with Gasteiger partial charge in [-0.3, -0.25) is 9.59 Å². The number of carbonyl (C=O) groups excluding carboxylic acids is 3. The van der Waals surface area contributed by atoms with Gasteiger partial charge in [-0.05, 0) is 62.1 Å². The molecule has 1 aliphatic carbocycles. The molecule has 0 saturated carbocycles. The minimum absolute atomic E-state index is 0.174. The second-order valence-corrected chi connectivity index (χ2v) is 12.9. The van der Waals surface area contributed by atoms with Crippen molar-refractivity contribution in [3.05, 3.63) is 80.1 Å². The molecule has 4 aromatic rings. The molecule has 3 heterocycles. The number of esters is 1. The molecule has 0 unspecified atom stereocenters. The minimum Gasteiger partial charge on any atom is -0.462 e. The maximum atomic E-state index is 13.4. The number of anilines is 1. The zero-order valence-electron chi connectivity index (χ0n) is 22.8. The van der Waals surface area contributed by atoms with Crippen LogP contribution in [-0.2, 0) is 35.5 Å². The first-order valence-corrected chi connectivity index (χ1v) is 16.1. The fourth-order valence-corrected chi connectivity index (χ4v) is 7.40. The summed E-state index contributed by atoms with van der Waals surface area (Å²) in [6, 6.07) is 13.5. The van der Waals surface area contributed by atoms with Crippen LogP contribution in [0.15, 0.2) is 53.0 Å². The van der Waals surface area contributed by atoms with Gasteiger partial charge in [-0.25, -0.2) is 4.79 Å². The molecule has 0 bridgehead atoms. The molecule has 0 radical (unpaired) electrons. The molecule has 2 amide bonds. The maximum Gasteiger partial charge on any atom is 0.341 e. The molecular weight excluding hydrogens is 579 g/mol. The van der Waals surface area contributed by atoms with Gasteiger partial charge in [0, 0.05) is 4.88 Å². The van der Waals surface area contributed by atoms with Crippen LogP contribution in [0.2, 0.25) is 0 Å². The van der Waals surface area contributed by atoms with Gasteiger partial charge in [0.25, 0.3) is 5.91 Å². The number of thiophene rings is 2. The molecule has 0 spiro atoms. The van der Waals surface area contributed by atoms with Crippen LogP contribution in [0.4, 0.5) is 5.00 Å². The van der Waals surface area contributed by atoms with Gasteiger partial charge in [0.1, 0.15) is 5.00 Å². The molecule has 0 fully saturated rings. The normalized spacial score (nSPS) is 13.3. The molecule has 0 aliphatic heterocycles. The number of carbonyl (C=O) groups is 3. The minimum atomic E-state index is -0.531. The van der Waals surface area contributed by atoms with Crippen LogP contribution in [0, 0.1) is 0 Å². The summed E-state index contributed by atoms with van der Waals surface area (Å²) in [7, 11) is 0. The predicted octanol–water partition coefficient (Wildman–Crippen LogP) is 5.55. The van der Waals surface area contributed by atoms with Crippen LogP contribution >= 0.6 is 34.4 Å². The second-order valence-electron chi connectivity index (χ2n) is 9.52. The molecule has 41 heavy (non-hydrogen) atoms. The molecule has 214 valence electrons. The molecule has 1 atom stereocenters. The lowest BCUT2D eigenvalue weighted by molar-refractivity contribution is -0.115. The molecule has 1 aliphatic rings. The number of hydrogen-bond donors (Lipinski definition) is 2. The van der Waals surface area contributed by atoms with Crippen LogP contribution in [0.5, 0.6) is 0 Å². The summed E-state index contributed by atoms with van der Waals surface area (Å²) in [5.41, 5.74) is 2.54. The Morgan fingerprint density at radius 1 is 1.10 bits per heavy atom. The third-order valence-electron chi connectivity index (χ3n) is 6.67. The van der Waals surface area contributed by atoms with E-state index in [2.05, 4.69) is 20.8 Å². The third kappa shape index (κ3) is 6.88. The van der Waals surface area contributed by atoms with Gasteiger partial charge < -0.3 is 19.9 Å². The summed E-state index contributed by atoms with van der Waals surface area (Å²) in [5.74, 6) is -0.211. The monoisotopic (exact) mass is 609 g/mol. The molecule has 9 nitrogen and oxygen atoms in total. The Morgan fingerprint density at radius 2 is 1.90 bits per heavy atom. The average molecular weight is 610 g/mol. The quantitative estimate of drug-likeness (QED) is 0.169. The van der Waals surface area contributed by atoms with Crippen LogP contribution in [-0.4, -0.2) is 44.4 Å². The lowest BCUT2D eigenvalue weighted by Gasteiger charge is -2.15. The summed E-state index contributed by atoms with van der Waals surface area (Å²) in [4.78, 5) is 40.5. The molecule has 12 heteroatoms. The number of hydrogen-bond acceptors (Lipinski definition) is 9. The zero-order valence-corrected chi connectivity index (χ0v) is 25.3. The van der Waals surface area contributed by atoms with Crippen LogP contribution in [0.1, 0.15) is 68.5 Å². The average Bonchev–Trinajstić information content (AvgIpc) is 3.72. The third-order valence-corrected chi connectivity index (χ3v) is 9.82. The Labute approximate surface area is 250 Å². The fourth-order valence-electron chi connectivity index (χ4n) is 4.61. The lowest BCUT2D eigenvalue weighted by Crippen LogP contribution is -2.25. The Kier molecular flexibility index (Phi) is 9.53. The van der Waals surface area contributed by atoms with E-state index in [1.807, 2.05) is 46.3 Å². The van der Waals surface area contributed by atoms with Crippen LogP contribution in [0.25, 0.3) is 0 Å². The van der Waals surface area contributed by atoms with Crippen LogP contribution in [0.3, 0.4) is 0 Å². The number of rotatable bonds is 11. The largest absolute Gasteiger partial charge is 0.462 e. The molecule has 2 N–H and O–H groups in total. The molecule has 0 saturated heterocycles. The van der Waals surface area contributed by atoms with Crippen molar-refractivity contribution in [2.45, 2.75) is 63.0 Å². The van der Waals surface area contributed by atoms with Gasteiger partial charge in [0.15, 0.2) is 11.0 Å². The molecule has 5 rings (SSSR count). The molecule has 1 aromatic carbocycles. The van der Waals surface area contributed by atoms with E-state index in [0.717, 1.165) is 41.7 Å². The van der Waals surface area contributed by atoms with E-state index < -0.39 is 5.25 Å². The lowest BCUT2D eigenvalue weighted by atomic mass is 9.95. The van der Waals surface area contributed by atoms with E-state index in [-0.39, 0.29) is 30.9 Å². The fraction of sp³-hybridized carbons (Fsp3) is 0.345. The maximum absolute atomic E-state index is 13.4. The van der Waals surface area contributed by atoms with Crippen molar-refractivity contribution >= 4 is 57.2 Å². The summed E-state index contributed by atoms with van der Waals surface area (Å²) in [5, 5.41) is 17.1. The Bertz CT molecular complexity index is 1510. The number of nitrogens with one attached hydrogen (secondary N) is 2. The number of ether oxygens (including phenoxy) is 1. The smallest absolute Gasteiger partial charge is 0.341 e. The van der Waals surface area contributed by atoms with Gasteiger partial charge in [0.05, 0.1) is 35.4 Å². The van der Waals surface area contributed by atoms with Crippen molar-refractivity contribution in [1.82, 2.24) is 20.1 Å². The van der Waals surface area contributed by atoms with Gasteiger partial charge in [-0.15, -0.1) is 32.9 Å². The number of thioether (sulfide) groups is 1. The van der Waals surface area contributed by atoms with Crippen molar-refractivity contribution in [3.63, 3.8) is 0 Å². The number of nitrogens with zero attached hydrogens (tertiary/aromatic N) is 3. The Balaban J connectivity index is 1.33. The van der Waals surface area contributed by atoms with E-state index in [9.17, 15) is 14.4 Å². The van der Waals surface area contributed by atoms with Gasteiger partial charge in [-0.2, -0.15) is 0 Å². The summed E-state index contributed by atoms with van der Waals surface area (Å²) in [6.07, 6.45) is 3.81. The van der Waals surface area contributed by atoms with Gasteiger partial charge in [-0.1, -0.05) is 48.2 Å². The van der Waals surface area contributed by atoms with E-state index in [4.69, 9.17) is 4.74 Å². The zero-order chi connectivity index (χ0) is 28.8. The molecular formula is C29H31N5O4S3. The van der Waals surface area contributed by atoms with Crippen molar-refractivity contribution < 1.29 is 19.1 Å². The molecule has 3 aromatic heterocycles. The topological polar surface area (TPSA) is 115 Å². The van der Waals surface area contributed by atoms with Gasteiger partial charge in [0.2, 0.25) is 5.91 Å². The summed E-state index contributed by atoms with van der Waals surface area (Å²) >= 11 is 4.13. The van der Waals surface area contributed by atoms with E-state index >= 15 is 0 Å². The first-order valence-electron chi connectivity index (χ1n) is 13.5. The standard InChI is InChI=1S/C29H31N5O4S3/c1-3-38-28(37)24-20-12-7-8-13-21(20)41-27(24)31-25(35)18(2)40-29-33-32-23(16-30-26(36)22-14-9-15-39-22)34(29)17-19-10-5-4-6-11-19/h4-6,9-11,14-15,18H,3,7-8,12-13,16-17H2,1-2H3,(H,30,36)(H,31,35)/t18-/m0/s1. The first kappa shape index (κ1) is 29.0. The highest BCUT2D eigenvalue weighted by molar-refractivity contribution is 8.00. The summed E-state index contributed by atoms with van der Waals surface area (Å²) < 4.78 is 7.25. The van der Waals surface area contributed by atoms with E-state index in [1.165, 1.54) is 34.4 Å². The van der Waals surface area contributed by atoms with Gasteiger partial charge >= 0.3 is 5.97 Å².